The summed E-state index contributed by atoms with van der Waals surface area (Å²) in [5.74, 6) is -0.154. The molecule has 3 nitrogen and oxygen atoms in total. The lowest BCUT2D eigenvalue weighted by molar-refractivity contribution is -0.146. The van der Waals surface area contributed by atoms with Crippen molar-refractivity contribution < 1.29 is 9.53 Å². The summed E-state index contributed by atoms with van der Waals surface area (Å²) in [4.78, 5) is 13.7. The Morgan fingerprint density at radius 1 is 1.33 bits per heavy atom. The Hall–Kier alpha value is -1.35. The van der Waals surface area contributed by atoms with Gasteiger partial charge in [-0.1, -0.05) is 36.8 Å². The van der Waals surface area contributed by atoms with Gasteiger partial charge in [0.2, 0.25) is 0 Å². The van der Waals surface area contributed by atoms with Crippen molar-refractivity contribution in [3.05, 3.63) is 35.4 Å². The highest BCUT2D eigenvalue weighted by atomic mass is 16.5. The average molecular weight is 249 g/mol. The highest BCUT2D eigenvalue weighted by Crippen LogP contribution is 2.10. The maximum absolute atomic E-state index is 11.5. The van der Waals surface area contributed by atoms with Crippen molar-refractivity contribution in [2.45, 2.75) is 26.8 Å². The number of esters is 1. The van der Waals surface area contributed by atoms with Gasteiger partial charge in [-0.15, -0.1) is 0 Å². The molecular formula is C15H23NO2. The number of nitrogens with zero attached hydrogens (tertiary/aromatic N) is 1. The predicted octanol–water partition coefficient (Wildman–Crippen LogP) is 2.63. The molecule has 0 bridgehead atoms. The molecule has 0 aliphatic heterocycles. The van der Waals surface area contributed by atoms with E-state index in [4.69, 9.17) is 4.74 Å². The van der Waals surface area contributed by atoms with Gasteiger partial charge in [0.1, 0.15) is 0 Å². The van der Waals surface area contributed by atoms with Gasteiger partial charge in [0.25, 0.3) is 0 Å². The zero-order chi connectivity index (χ0) is 13.5. The lowest BCUT2D eigenvalue weighted by Crippen LogP contribution is -2.30. The number of carbonyl (C=O) groups excluding carboxylic acids is 1. The standard InChI is InChI=1S/C15H23NO2/c1-5-14(15(17)18-4)11-16(3)10-13-8-6-12(2)7-9-13/h6-9,14H,5,10-11H2,1-4H3. The van der Waals surface area contributed by atoms with Crippen molar-refractivity contribution in [2.75, 3.05) is 20.7 Å². The summed E-state index contributed by atoms with van der Waals surface area (Å²) in [7, 11) is 3.48. The van der Waals surface area contributed by atoms with Crippen LogP contribution in [0.4, 0.5) is 0 Å². The lowest BCUT2D eigenvalue weighted by Gasteiger charge is -2.21. The number of benzene rings is 1. The quantitative estimate of drug-likeness (QED) is 0.726. The second-order valence-electron chi connectivity index (χ2n) is 4.81. The summed E-state index contributed by atoms with van der Waals surface area (Å²) >= 11 is 0. The SMILES string of the molecule is CCC(CN(C)Cc1ccc(C)cc1)C(=O)OC. The third kappa shape index (κ3) is 4.49. The molecule has 0 saturated heterocycles. The molecule has 1 unspecified atom stereocenters. The van der Waals surface area contributed by atoms with Gasteiger partial charge in [-0.2, -0.15) is 0 Å². The third-order valence-corrected chi connectivity index (χ3v) is 3.13. The van der Waals surface area contributed by atoms with Gasteiger partial charge in [-0.25, -0.2) is 0 Å². The monoisotopic (exact) mass is 249 g/mol. The van der Waals surface area contributed by atoms with E-state index in [1.807, 2.05) is 14.0 Å². The molecule has 0 aromatic heterocycles. The van der Waals surface area contributed by atoms with Gasteiger partial charge in [0.05, 0.1) is 13.0 Å². The second kappa shape index (κ2) is 7.17. The van der Waals surface area contributed by atoms with E-state index in [0.717, 1.165) is 19.5 Å². The molecule has 0 N–H and O–H groups in total. The van der Waals surface area contributed by atoms with Gasteiger partial charge in [0.15, 0.2) is 0 Å². The van der Waals surface area contributed by atoms with E-state index in [1.165, 1.54) is 18.2 Å². The minimum Gasteiger partial charge on any atom is -0.469 e. The highest BCUT2D eigenvalue weighted by molar-refractivity contribution is 5.72. The molecule has 100 valence electrons. The first-order valence-electron chi connectivity index (χ1n) is 6.38. The molecule has 0 spiro atoms. The summed E-state index contributed by atoms with van der Waals surface area (Å²) in [5, 5.41) is 0. The Labute approximate surface area is 110 Å². The normalized spacial score (nSPS) is 12.5. The fraction of sp³-hybridized carbons (Fsp3) is 0.533. The van der Waals surface area contributed by atoms with E-state index in [1.54, 1.807) is 0 Å². The van der Waals surface area contributed by atoms with Gasteiger partial charge in [-0.3, -0.25) is 4.79 Å². The summed E-state index contributed by atoms with van der Waals surface area (Å²) in [6.07, 6.45) is 0.810. The van der Waals surface area contributed by atoms with E-state index in [9.17, 15) is 4.79 Å². The van der Waals surface area contributed by atoms with Crippen LogP contribution in [0.5, 0.6) is 0 Å². The van der Waals surface area contributed by atoms with E-state index < -0.39 is 0 Å². The third-order valence-electron chi connectivity index (χ3n) is 3.13. The van der Waals surface area contributed by atoms with Crippen molar-refractivity contribution in [1.29, 1.82) is 0 Å². The predicted molar refractivity (Wildman–Crippen MR) is 73.3 cm³/mol. The smallest absolute Gasteiger partial charge is 0.309 e. The van der Waals surface area contributed by atoms with E-state index in [-0.39, 0.29) is 11.9 Å². The van der Waals surface area contributed by atoms with Crippen LogP contribution in [-0.2, 0) is 16.1 Å². The average Bonchev–Trinajstić information content (AvgIpc) is 2.37. The highest BCUT2D eigenvalue weighted by Gasteiger charge is 2.18. The number of methoxy groups -OCH3 is 1. The first-order chi connectivity index (χ1) is 8.56. The molecule has 0 heterocycles. The molecule has 18 heavy (non-hydrogen) atoms. The molecule has 1 atom stereocenters. The lowest BCUT2D eigenvalue weighted by atomic mass is 10.1. The van der Waals surface area contributed by atoms with Crippen LogP contribution in [0.3, 0.4) is 0 Å². The van der Waals surface area contributed by atoms with Gasteiger partial charge >= 0.3 is 5.97 Å². The zero-order valence-electron chi connectivity index (χ0n) is 11.8. The van der Waals surface area contributed by atoms with Crippen molar-refractivity contribution in [3.63, 3.8) is 0 Å². The minimum absolute atomic E-state index is 0.0366. The number of hydrogen-bond acceptors (Lipinski definition) is 3. The Kier molecular flexibility index (Phi) is 5.86. The fourth-order valence-electron chi connectivity index (χ4n) is 1.98. The van der Waals surface area contributed by atoms with Gasteiger partial charge in [0, 0.05) is 13.1 Å². The van der Waals surface area contributed by atoms with E-state index >= 15 is 0 Å². The summed E-state index contributed by atoms with van der Waals surface area (Å²) < 4.78 is 4.80. The van der Waals surface area contributed by atoms with Crippen molar-refractivity contribution in [1.82, 2.24) is 4.90 Å². The van der Waals surface area contributed by atoms with Crippen LogP contribution in [0.2, 0.25) is 0 Å². The maximum atomic E-state index is 11.5. The number of aryl methyl sites for hydroxylation is 1. The number of rotatable bonds is 6. The van der Waals surface area contributed by atoms with Crippen molar-refractivity contribution >= 4 is 5.97 Å². The van der Waals surface area contributed by atoms with E-state index in [2.05, 4.69) is 36.1 Å². The topological polar surface area (TPSA) is 29.5 Å². The van der Waals surface area contributed by atoms with Crippen LogP contribution in [-0.4, -0.2) is 31.6 Å². The number of ether oxygens (including phenoxy) is 1. The first-order valence-corrected chi connectivity index (χ1v) is 6.38. The summed E-state index contributed by atoms with van der Waals surface area (Å²) in [6.45, 7) is 5.68. The Bertz CT molecular complexity index is 373. The van der Waals surface area contributed by atoms with Crippen molar-refractivity contribution in [2.24, 2.45) is 5.92 Å². The fourth-order valence-corrected chi connectivity index (χ4v) is 1.98. The Balaban J connectivity index is 2.52. The number of hydrogen-bond donors (Lipinski definition) is 0. The molecule has 0 aliphatic carbocycles. The van der Waals surface area contributed by atoms with Crippen LogP contribution >= 0.6 is 0 Å². The maximum Gasteiger partial charge on any atom is 0.309 e. The molecule has 1 aromatic rings. The van der Waals surface area contributed by atoms with Crippen LogP contribution < -0.4 is 0 Å². The van der Waals surface area contributed by atoms with Gasteiger partial charge in [-0.05, 0) is 26.0 Å². The molecule has 1 rings (SSSR count). The second-order valence-corrected chi connectivity index (χ2v) is 4.81. The molecule has 0 fully saturated rings. The van der Waals surface area contributed by atoms with Crippen LogP contribution in [0.25, 0.3) is 0 Å². The summed E-state index contributed by atoms with van der Waals surface area (Å²) in [5.41, 5.74) is 2.53. The van der Waals surface area contributed by atoms with Crippen LogP contribution in [0, 0.1) is 12.8 Å². The van der Waals surface area contributed by atoms with Gasteiger partial charge < -0.3 is 9.64 Å². The Morgan fingerprint density at radius 3 is 2.44 bits per heavy atom. The molecule has 3 heteroatoms. The Morgan fingerprint density at radius 2 is 1.94 bits per heavy atom. The largest absolute Gasteiger partial charge is 0.469 e. The number of carbonyl (C=O) groups is 1. The molecule has 0 aliphatic rings. The summed E-state index contributed by atoms with van der Waals surface area (Å²) in [6, 6.07) is 8.48. The zero-order valence-corrected chi connectivity index (χ0v) is 11.8. The molecule has 0 amide bonds. The van der Waals surface area contributed by atoms with Crippen molar-refractivity contribution in [3.8, 4) is 0 Å². The van der Waals surface area contributed by atoms with E-state index in [0.29, 0.717) is 0 Å². The van der Waals surface area contributed by atoms with Crippen LogP contribution in [0.15, 0.2) is 24.3 Å². The molecule has 0 saturated carbocycles. The first kappa shape index (κ1) is 14.7. The molecule has 0 radical (unpaired) electrons. The minimum atomic E-state index is -0.117. The molecular weight excluding hydrogens is 226 g/mol. The molecule has 1 aromatic carbocycles. The van der Waals surface area contributed by atoms with Crippen LogP contribution in [0.1, 0.15) is 24.5 Å².